The van der Waals surface area contributed by atoms with Crippen molar-refractivity contribution >= 4 is 22.7 Å². The van der Waals surface area contributed by atoms with Crippen molar-refractivity contribution in [2.45, 2.75) is 6.92 Å². The highest BCUT2D eigenvalue weighted by molar-refractivity contribution is 6.02. The van der Waals surface area contributed by atoms with Crippen molar-refractivity contribution in [3.63, 3.8) is 0 Å². The maximum Gasteiger partial charge on any atom is 0.152 e. The van der Waals surface area contributed by atoms with E-state index in [1.807, 2.05) is 25.1 Å². The van der Waals surface area contributed by atoms with Gasteiger partial charge in [0.05, 0.1) is 5.56 Å². The lowest BCUT2D eigenvalue weighted by Crippen LogP contribution is -1.85. The van der Waals surface area contributed by atoms with Gasteiger partial charge >= 0.3 is 0 Å². The monoisotopic (exact) mass is 199 g/mol. The minimum absolute atomic E-state index is 0.196. The molecule has 2 rings (SSSR count). The highest BCUT2D eigenvalue weighted by atomic mass is 16.3. The Morgan fingerprint density at radius 1 is 1.20 bits per heavy atom. The number of aryl methyl sites for hydroxylation is 1. The van der Waals surface area contributed by atoms with E-state index in [9.17, 15) is 9.70 Å². The molecule has 0 radical (unpaired) electrons. The SMILES string of the molecule is Cc1ccc2c(C=O)c(N=O)ccc2c1. The first-order valence-corrected chi connectivity index (χ1v) is 4.58. The van der Waals surface area contributed by atoms with Gasteiger partial charge in [0.15, 0.2) is 6.29 Å². The molecule has 0 aliphatic rings. The normalized spacial score (nSPS) is 10.2. The highest BCUT2D eigenvalue weighted by Crippen LogP contribution is 2.27. The van der Waals surface area contributed by atoms with E-state index in [1.165, 1.54) is 0 Å². The second kappa shape index (κ2) is 3.61. The standard InChI is InChI=1S/C12H9NO2/c1-8-2-4-10-9(6-8)3-5-12(13-15)11(10)7-14/h2-7H,1H3. The van der Waals surface area contributed by atoms with Gasteiger partial charge in [-0.1, -0.05) is 29.8 Å². The molecule has 0 bridgehead atoms. The first-order chi connectivity index (χ1) is 7.26. The van der Waals surface area contributed by atoms with E-state index < -0.39 is 0 Å². The topological polar surface area (TPSA) is 46.5 Å². The summed E-state index contributed by atoms with van der Waals surface area (Å²) >= 11 is 0. The molecule has 2 aromatic carbocycles. The summed E-state index contributed by atoms with van der Waals surface area (Å²) in [6, 6.07) is 9.08. The quantitative estimate of drug-likeness (QED) is 0.550. The minimum Gasteiger partial charge on any atom is -0.298 e. The number of nitrogens with zero attached hydrogens (tertiary/aromatic N) is 1. The van der Waals surface area contributed by atoms with Crippen LogP contribution in [0.2, 0.25) is 0 Å². The van der Waals surface area contributed by atoms with Gasteiger partial charge in [0, 0.05) is 0 Å². The molecule has 0 atom stereocenters. The zero-order valence-corrected chi connectivity index (χ0v) is 8.23. The molecule has 0 saturated heterocycles. The van der Waals surface area contributed by atoms with E-state index in [0.29, 0.717) is 11.8 Å². The third-order valence-electron chi connectivity index (χ3n) is 2.41. The second-order valence-electron chi connectivity index (χ2n) is 3.43. The Morgan fingerprint density at radius 3 is 2.67 bits per heavy atom. The van der Waals surface area contributed by atoms with Gasteiger partial charge < -0.3 is 0 Å². The molecule has 3 nitrogen and oxygen atoms in total. The van der Waals surface area contributed by atoms with Crippen LogP contribution < -0.4 is 0 Å². The van der Waals surface area contributed by atoms with Crippen molar-refractivity contribution in [1.82, 2.24) is 0 Å². The fourth-order valence-electron chi connectivity index (χ4n) is 1.67. The minimum atomic E-state index is 0.196. The number of rotatable bonds is 2. The molecule has 0 saturated carbocycles. The number of benzene rings is 2. The highest BCUT2D eigenvalue weighted by Gasteiger charge is 2.06. The predicted molar refractivity (Wildman–Crippen MR) is 59.5 cm³/mol. The summed E-state index contributed by atoms with van der Waals surface area (Å²) in [4.78, 5) is 21.4. The van der Waals surface area contributed by atoms with Gasteiger partial charge in [-0.2, -0.15) is 0 Å². The Kier molecular flexibility index (Phi) is 2.29. The molecule has 74 valence electrons. The van der Waals surface area contributed by atoms with Crippen LogP contribution in [0.25, 0.3) is 10.8 Å². The Hall–Kier alpha value is -2.03. The molecule has 0 aromatic heterocycles. The van der Waals surface area contributed by atoms with Crippen LogP contribution in [-0.2, 0) is 0 Å². The largest absolute Gasteiger partial charge is 0.298 e. The number of carbonyl (C=O) groups excluding carboxylic acids is 1. The first kappa shape index (κ1) is 9.52. The summed E-state index contributed by atoms with van der Waals surface area (Å²) in [6.45, 7) is 1.98. The Balaban J connectivity index is 2.87. The molecular weight excluding hydrogens is 190 g/mol. The predicted octanol–water partition coefficient (Wildman–Crippen LogP) is 3.36. The van der Waals surface area contributed by atoms with E-state index in [2.05, 4.69) is 5.18 Å². The lowest BCUT2D eigenvalue weighted by Gasteiger charge is -2.03. The molecule has 3 heteroatoms. The molecule has 0 N–H and O–H groups in total. The van der Waals surface area contributed by atoms with Crippen LogP contribution in [0.4, 0.5) is 5.69 Å². The summed E-state index contributed by atoms with van der Waals surface area (Å²) in [7, 11) is 0. The number of nitroso groups, excluding NO2 is 1. The molecule has 0 amide bonds. The van der Waals surface area contributed by atoms with Gasteiger partial charge in [-0.25, -0.2) is 0 Å². The first-order valence-electron chi connectivity index (χ1n) is 4.58. The van der Waals surface area contributed by atoms with Crippen molar-refractivity contribution in [2.24, 2.45) is 5.18 Å². The van der Waals surface area contributed by atoms with Crippen LogP contribution in [0.3, 0.4) is 0 Å². The van der Waals surface area contributed by atoms with Crippen molar-refractivity contribution < 1.29 is 4.79 Å². The van der Waals surface area contributed by atoms with Gasteiger partial charge in [0.25, 0.3) is 0 Å². The number of hydrogen-bond acceptors (Lipinski definition) is 3. The molecule has 0 spiro atoms. The fraction of sp³-hybridized carbons (Fsp3) is 0.0833. The van der Waals surface area contributed by atoms with Crippen molar-refractivity contribution in [1.29, 1.82) is 0 Å². The Labute approximate surface area is 86.7 Å². The van der Waals surface area contributed by atoms with Crippen LogP contribution in [0, 0.1) is 11.8 Å². The lowest BCUT2D eigenvalue weighted by atomic mass is 10.0. The fourth-order valence-corrected chi connectivity index (χ4v) is 1.67. The van der Waals surface area contributed by atoms with Crippen LogP contribution in [-0.4, -0.2) is 6.29 Å². The second-order valence-corrected chi connectivity index (χ2v) is 3.43. The molecule has 0 aliphatic heterocycles. The maximum absolute atomic E-state index is 10.9. The van der Waals surface area contributed by atoms with Crippen LogP contribution >= 0.6 is 0 Å². The third kappa shape index (κ3) is 1.52. The summed E-state index contributed by atoms with van der Waals surface area (Å²) < 4.78 is 0. The van der Waals surface area contributed by atoms with E-state index in [4.69, 9.17) is 0 Å². The molecule has 0 heterocycles. The summed E-state index contributed by atoms with van der Waals surface area (Å²) in [5.41, 5.74) is 1.68. The molecule has 0 fully saturated rings. The van der Waals surface area contributed by atoms with Crippen LogP contribution in [0.1, 0.15) is 15.9 Å². The average Bonchev–Trinajstić information content (AvgIpc) is 2.27. The summed E-state index contributed by atoms with van der Waals surface area (Å²) in [5, 5.41) is 4.55. The summed E-state index contributed by atoms with van der Waals surface area (Å²) in [5.74, 6) is 0. The lowest BCUT2D eigenvalue weighted by molar-refractivity contribution is 0.112. The van der Waals surface area contributed by atoms with Gasteiger partial charge in [-0.3, -0.25) is 4.79 Å². The van der Waals surface area contributed by atoms with Crippen LogP contribution in [0.5, 0.6) is 0 Å². The number of hydrogen-bond donors (Lipinski definition) is 0. The molecular formula is C12H9NO2. The van der Waals surface area contributed by atoms with E-state index in [-0.39, 0.29) is 5.69 Å². The van der Waals surface area contributed by atoms with Gasteiger partial charge in [0.2, 0.25) is 0 Å². The average molecular weight is 199 g/mol. The van der Waals surface area contributed by atoms with E-state index in [1.54, 1.807) is 12.1 Å². The third-order valence-corrected chi connectivity index (χ3v) is 2.41. The number of carbonyl (C=O) groups is 1. The molecule has 2 aromatic rings. The van der Waals surface area contributed by atoms with E-state index >= 15 is 0 Å². The maximum atomic E-state index is 10.9. The van der Waals surface area contributed by atoms with Gasteiger partial charge in [0.1, 0.15) is 5.69 Å². The van der Waals surface area contributed by atoms with Crippen LogP contribution in [0.15, 0.2) is 35.5 Å². The van der Waals surface area contributed by atoms with Gasteiger partial charge in [-0.05, 0) is 28.9 Å². The zero-order valence-electron chi connectivity index (χ0n) is 8.23. The van der Waals surface area contributed by atoms with E-state index in [0.717, 1.165) is 16.3 Å². The Bertz CT molecular complexity index is 547. The molecule has 0 unspecified atom stereocenters. The van der Waals surface area contributed by atoms with Crippen molar-refractivity contribution in [3.8, 4) is 0 Å². The Morgan fingerprint density at radius 2 is 2.00 bits per heavy atom. The smallest absolute Gasteiger partial charge is 0.152 e. The molecule has 0 aliphatic carbocycles. The summed E-state index contributed by atoms with van der Waals surface area (Å²) in [6.07, 6.45) is 0.675. The van der Waals surface area contributed by atoms with Gasteiger partial charge in [-0.15, -0.1) is 4.91 Å². The van der Waals surface area contributed by atoms with Crippen molar-refractivity contribution in [2.75, 3.05) is 0 Å². The molecule has 15 heavy (non-hydrogen) atoms. The zero-order chi connectivity index (χ0) is 10.8. The number of aldehydes is 1. The number of fused-ring (bicyclic) bond motifs is 1. The van der Waals surface area contributed by atoms with Crippen molar-refractivity contribution in [3.05, 3.63) is 46.4 Å².